The van der Waals surface area contributed by atoms with Gasteiger partial charge in [0.2, 0.25) is 5.82 Å². The highest BCUT2D eigenvalue weighted by Crippen LogP contribution is 2.20. The monoisotopic (exact) mass is 378 g/mol. The van der Waals surface area contributed by atoms with Crippen LogP contribution in [0.15, 0.2) is 61.1 Å². The van der Waals surface area contributed by atoms with E-state index in [2.05, 4.69) is 15.0 Å². The number of imidazole rings is 1. The van der Waals surface area contributed by atoms with Gasteiger partial charge in [-0.15, -0.1) is 0 Å². The number of carbonyl (C=O) groups is 1. The average molecular weight is 379 g/mol. The highest BCUT2D eigenvalue weighted by atomic mass is 35.5. The van der Waals surface area contributed by atoms with E-state index in [4.69, 9.17) is 17.3 Å². The van der Waals surface area contributed by atoms with E-state index in [9.17, 15) is 4.79 Å². The van der Waals surface area contributed by atoms with Gasteiger partial charge in [-0.05, 0) is 48.5 Å². The van der Waals surface area contributed by atoms with Gasteiger partial charge in [0.1, 0.15) is 11.8 Å². The van der Waals surface area contributed by atoms with E-state index in [1.54, 1.807) is 60.5 Å². The Kier molecular flexibility index (Phi) is 4.21. The number of hydrogen-bond donors (Lipinski definition) is 1. The highest BCUT2D eigenvalue weighted by molar-refractivity contribution is 6.30. The highest BCUT2D eigenvalue weighted by Gasteiger charge is 2.18. The summed E-state index contributed by atoms with van der Waals surface area (Å²) >= 11 is 5.91. The van der Waals surface area contributed by atoms with Gasteiger partial charge in [0, 0.05) is 29.1 Å². The molecule has 134 valence electrons. The summed E-state index contributed by atoms with van der Waals surface area (Å²) in [6.45, 7) is 0. The van der Waals surface area contributed by atoms with Crippen LogP contribution in [0.3, 0.4) is 0 Å². The first-order valence-electron chi connectivity index (χ1n) is 8.12. The van der Waals surface area contributed by atoms with Crippen molar-refractivity contribution in [2.24, 2.45) is 0 Å². The summed E-state index contributed by atoms with van der Waals surface area (Å²) in [5.74, 6) is -0.249. The molecule has 0 aliphatic carbocycles. The van der Waals surface area contributed by atoms with Crippen LogP contribution >= 0.6 is 11.6 Å². The zero-order valence-corrected chi connectivity index (χ0v) is 15.1. The topological polar surface area (TPSA) is 89.9 Å². The number of nitrogens with zero attached hydrogens (tertiary/aromatic N) is 5. The third-order valence-corrected chi connectivity index (χ3v) is 4.42. The predicted molar refractivity (Wildman–Crippen MR) is 105 cm³/mol. The Balaban J connectivity index is 1.72. The largest absolute Gasteiger partial charge is 0.399 e. The zero-order valence-electron chi connectivity index (χ0n) is 14.4. The van der Waals surface area contributed by atoms with Crippen molar-refractivity contribution in [3.8, 4) is 5.69 Å². The maximum absolute atomic E-state index is 12.8. The first-order valence-corrected chi connectivity index (χ1v) is 8.50. The molecular formula is C19H15ClN6O. The number of anilines is 2. The molecule has 0 aliphatic heterocycles. The van der Waals surface area contributed by atoms with Crippen molar-refractivity contribution >= 4 is 40.0 Å². The van der Waals surface area contributed by atoms with E-state index in [1.807, 2.05) is 12.1 Å². The van der Waals surface area contributed by atoms with E-state index >= 15 is 0 Å². The van der Waals surface area contributed by atoms with Crippen molar-refractivity contribution in [1.82, 2.24) is 19.5 Å². The number of nitrogens with two attached hydrogens (primary N) is 1. The van der Waals surface area contributed by atoms with Crippen LogP contribution in [0, 0.1) is 0 Å². The van der Waals surface area contributed by atoms with Crippen LogP contribution in [0.4, 0.5) is 11.4 Å². The first kappa shape index (κ1) is 17.0. The Morgan fingerprint density at radius 3 is 2.48 bits per heavy atom. The third kappa shape index (κ3) is 3.20. The minimum absolute atomic E-state index is 0.0807. The Morgan fingerprint density at radius 1 is 1.07 bits per heavy atom. The number of amides is 1. The van der Waals surface area contributed by atoms with E-state index in [0.29, 0.717) is 27.6 Å². The molecule has 4 aromatic rings. The van der Waals surface area contributed by atoms with Gasteiger partial charge >= 0.3 is 0 Å². The smallest absolute Gasteiger partial charge is 0.295 e. The number of carbonyl (C=O) groups excluding carboxylic acids is 1. The summed E-state index contributed by atoms with van der Waals surface area (Å²) in [5, 5.41) is 0.602. The Hall–Kier alpha value is -3.45. The molecule has 0 bridgehead atoms. The van der Waals surface area contributed by atoms with Gasteiger partial charge in [0.15, 0.2) is 5.65 Å². The number of halogens is 1. The maximum Gasteiger partial charge on any atom is 0.295 e. The van der Waals surface area contributed by atoms with Crippen LogP contribution in [0.2, 0.25) is 5.02 Å². The Bertz CT molecular complexity index is 1120. The molecule has 2 heterocycles. The van der Waals surface area contributed by atoms with Gasteiger partial charge in [0.05, 0.1) is 6.20 Å². The van der Waals surface area contributed by atoms with Crippen LogP contribution in [0.1, 0.15) is 10.6 Å². The average Bonchev–Trinajstić information content (AvgIpc) is 3.11. The standard InChI is InChI=1S/C19H15ClN6O/c1-25(14-6-2-12(20)3-7-14)19(27)17-22-10-16-18(24-17)26(11-23-16)15-8-4-13(21)5-9-15/h2-11H,21H2,1H3. The van der Waals surface area contributed by atoms with Gasteiger partial charge < -0.3 is 10.6 Å². The molecule has 0 saturated carbocycles. The van der Waals surface area contributed by atoms with Gasteiger partial charge in [-0.2, -0.15) is 0 Å². The van der Waals surface area contributed by atoms with E-state index in [0.717, 1.165) is 5.69 Å². The van der Waals surface area contributed by atoms with Gasteiger partial charge in [-0.25, -0.2) is 15.0 Å². The number of aromatic nitrogens is 4. The second kappa shape index (κ2) is 6.69. The molecule has 7 nitrogen and oxygen atoms in total. The lowest BCUT2D eigenvalue weighted by Crippen LogP contribution is -2.28. The van der Waals surface area contributed by atoms with Crippen LogP contribution < -0.4 is 10.6 Å². The quantitative estimate of drug-likeness (QED) is 0.552. The van der Waals surface area contributed by atoms with Crippen molar-refractivity contribution in [1.29, 1.82) is 0 Å². The molecule has 2 aromatic heterocycles. The number of hydrogen-bond acceptors (Lipinski definition) is 5. The summed E-state index contributed by atoms with van der Waals surface area (Å²) < 4.78 is 1.79. The molecule has 4 rings (SSSR count). The van der Waals surface area contributed by atoms with Crippen molar-refractivity contribution < 1.29 is 4.79 Å². The van der Waals surface area contributed by atoms with Crippen molar-refractivity contribution in [2.45, 2.75) is 0 Å². The minimum atomic E-state index is -0.329. The normalized spacial score (nSPS) is 10.9. The van der Waals surface area contributed by atoms with Gasteiger partial charge in [0.25, 0.3) is 5.91 Å². The fraction of sp³-hybridized carbons (Fsp3) is 0.0526. The second-order valence-electron chi connectivity index (χ2n) is 5.95. The number of benzene rings is 2. The molecular weight excluding hydrogens is 364 g/mol. The summed E-state index contributed by atoms with van der Waals surface area (Å²) in [6.07, 6.45) is 3.18. The van der Waals surface area contributed by atoms with E-state index < -0.39 is 0 Å². The van der Waals surface area contributed by atoms with Crippen molar-refractivity contribution in [3.63, 3.8) is 0 Å². The molecule has 8 heteroatoms. The van der Waals surface area contributed by atoms with Crippen LogP contribution in [0.25, 0.3) is 16.9 Å². The zero-order chi connectivity index (χ0) is 19.0. The lowest BCUT2D eigenvalue weighted by molar-refractivity contribution is 0.0983. The number of fused-ring (bicyclic) bond motifs is 1. The lowest BCUT2D eigenvalue weighted by Gasteiger charge is -2.16. The maximum atomic E-state index is 12.8. The molecule has 0 radical (unpaired) electrons. The Labute approximate surface area is 160 Å². The molecule has 0 unspecified atom stereocenters. The second-order valence-corrected chi connectivity index (χ2v) is 6.39. The lowest BCUT2D eigenvalue weighted by atomic mass is 10.3. The van der Waals surface area contributed by atoms with Crippen molar-refractivity contribution in [3.05, 3.63) is 71.9 Å². The SMILES string of the molecule is CN(C(=O)c1ncc2ncn(-c3ccc(N)cc3)c2n1)c1ccc(Cl)cc1. The summed E-state index contributed by atoms with van der Waals surface area (Å²) in [5.41, 5.74) is 9.09. The summed E-state index contributed by atoms with van der Waals surface area (Å²) in [6, 6.07) is 14.3. The molecule has 2 aromatic carbocycles. The molecule has 2 N–H and O–H groups in total. The molecule has 27 heavy (non-hydrogen) atoms. The van der Waals surface area contributed by atoms with Crippen molar-refractivity contribution in [2.75, 3.05) is 17.7 Å². The minimum Gasteiger partial charge on any atom is -0.399 e. The van der Waals surface area contributed by atoms with Gasteiger partial charge in [-0.1, -0.05) is 11.6 Å². The summed E-state index contributed by atoms with van der Waals surface area (Å²) in [7, 11) is 1.66. The molecule has 0 fully saturated rings. The third-order valence-electron chi connectivity index (χ3n) is 4.17. The molecule has 0 atom stereocenters. The molecule has 1 amide bonds. The van der Waals surface area contributed by atoms with Crippen LogP contribution in [-0.2, 0) is 0 Å². The fourth-order valence-electron chi connectivity index (χ4n) is 2.67. The molecule has 0 saturated heterocycles. The summed E-state index contributed by atoms with van der Waals surface area (Å²) in [4.78, 5) is 27.2. The number of rotatable bonds is 3. The first-order chi connectivity index (χ1) is 13.0. The Morgan fingerprint density at radius 2 is 1.78 bits per heavy atom. The molecule has 0 spiro atoms. The fourth-order valence-corrected chi connectivity index (χ4v) is 2.79. The van der Waals surface area contributed by atoms with E-state index in [1.165, 1.54) is 4.90 Å². The predicted octanol–water partition coefficient (Wildman–Crippen LogP) is 3.33. The van der Waals surface area contributed by atoms with E-state index in [-0.39, 0.29) is 11.7 Å². The van der Waals surface area contributed by atoms with Gasteiger partial charge in [-0.3, -0.25) is 9.36 Å². The van der Waals surface area contributed by atoms with Crippen LogP contribution in [-0.4, -0.2) is 32.5 Å². The van der Waals surface area contributed by atoms with Crippen LogP contribution in [0.5, 0.6) is 0 Å². The number of nitrogen functional groups attached to an aromatic ring is 1. The molecule has 0 aliphatic rings.